The molecule has 0 heterocycles. The van der Waals surface area contributed by atoms with Crippen LogP contribution in [0, 0.1) is 6.92 Å². The Hall–Kier alpha value is -3.27. The summed E-state index contributed by atoms with van der Waals surface area (Å²) in [6.07, 6.45) is 3.18. The summed E-state index contributed by atoms with van der Waals surface area (Å²) in [5.74, 6) is 0.0254. The standard InChI is InChI=1S/C27H39N3O6S/c1-7-9-16-28-27(32)23(8-2)29(18-21-13-11-10-12-20(21)3)26(31)19-30(37(6,33)34)22-14-15-24(35-4)25(17-22)36-5/h10-15,17,23H,7-9,16,18-19H2,1-6H3,(H,28,32). The number of amides is 2. The minimum Gasteiger partial charge on any atom is -0.493 e. The molecule has 2 amide bonds. The SMILES string of the molecule is CCCCNC(=O)C(CC)N(Cc1ccccc1C)C(=O)CN(c1ccc(OC)c(OC)c1)S(C)(=O)=O. The van der Waals surface area contributed by atoms with Crippen molar-refractivity contribution >= 4 is 27.5 Å². The van der Waals surface area contributed by atoms with Crippen LogP contribution in [0.25, 0.3) is 0 Å². The van der Waals surface area contributed by atoms with Gasteiger partial charge < -0.3 is 19.7 Å². The fourth-order valence-corrected chi connectivity index (χ4v) is 4.83. The van der Waals surface area contributed by atoms with Gasteiger partial charge >= 0.3 is 0 Å². The highest BCUT2D eigenvalue weighted by Crippen LogP contribution is 2.32. The molecule has 0 saturated carbocycles. The normalized spacial score (nSPS) is 11.9. The fraction of sp³-hybridized carbons (Fsp3) is 0.481. The number of rotatable bonds is 14. The molecule has 0 spiro atoms. The largest absolute Gasteiger partial charge is 0.493 e. The van der Waals surface area contributed by atoms with E-state index in [1.165, 1.54) is 25.2 Å². The van der Waals surface area contributed by atoms with Gasteiger partial charge in [-0.05, 0) is 43.0 Å². The Balaban J connectivity index is 2.46. The van der Waals surface area contributed by atoms with Crippen LogP contribution in [0.1, 0.15) is 44.2 Å². The van der Waals surface area contributed by atoms with Crippen LogP contribution in [-0.4, -0.2) is 64.7 Å². The first-order chi connectivity index (χ1) is 17.6. The van der Waals surface area contributed by atoms with Crippen molar-refractivity contribution in [2.24, 2.45) is 0 Å². The predicted molar refractivity (Wildman–Crippen MR) is 145 cm³/mol. The maximum absolute atomic E-state index is 13.8. The molecular weight excluding hydrogens is 494 g/mol. The maximum atomic E-state index is 13.8. The fourth-order valence-electron chi connectivity index (χ4n) is 3.99. The number of nitrogens with one attached hydrogen (secondary N) is 1. The van der Waals surface area contributed by atoms with Gasteiger partial charge in [-0.2, -0.15) is 0 Å². The van der Waals surface area contributed by atoms with E-state index in [1.807, 2.05) is 45.0 Å². The van der Waals surface area contributed by atoms with Gasteiger partial charge in [0.1, 0.15) is 12.6 Å². The molecule has 2 rings (SSSR count). The van der Waals surface area contributed by atoms with Crippen LogP contribution in [0.4, 0.5) is 5.69 Å². The summed E-state index contributed by atoms with van der Waals surface area (Å²) in [4.78, 5) is 28.4. The number of benzene rings is 2. The molecule has 0 aliphatic carbocycles. The molecule has 0 aliphatic rings. The van der Waals surface area contributed by atoms with Crippen molar-refractivity contribution in [2.75, 3.05) is 37.9 Å². The molecule has 2 aromatic carbocycles. The van der Waals surface area contributed by atoms with Crippen molar-refractivity contribution in [3.05, 3.63) is 53.6 Å². The van der Waals surface area contributed by atoms with Gasteiger partial charge in [0.25, 0.3) is 0 Å². The van der Waals surface area contributed by atoms with E-state index in [4.69, 9.17) is 9.47 Å². The van der Waals surface area contributed by atoms with E-state index >= 15 is 0 Å². The first kappa shape index (κ1) is 30.0. The van der Waals surface area contributed by atoms with Crippen LogP contribution < -0.4 is 19.1 Å². The molecule has 1 N–H and O–H groups in total. The lowest BCUT2D eigenvalue weighted by atomic mass is 10.1. The van der Waals surface area contributed by atoms with Gasteiger partial charge in [0.05, 0.1) is 26.2 Å². The number of ether oxygens (including phenoxy) is 2. The highest BCUT2D eigenvalue weighted by Gasteiger charge is 2.32. The highest BCUT2D eigenvalue weighted by molar-refractivity contribution is 7.92. The Labute approximate surface area is 220 Å². The molecular formula is C27H39N3O6S. The van der Waals surface area contributed by atoms with Crippen LogP contribution in [0.2, 0.25) is 0 Å². The smallest absolute Gasteiger partial charge is 0.244 e. The van der Waals surface area contributed by atoms with E-state index in [0.717, 1.165) is 34.5 Å². The van der Waals surface area contributed by atoms with Crippen molar-refractivity contribution in [1.29, 1.82) is 0 Å². The zero-order chi connectivity index (χ0) is 27.6. The van der Waals surface area contributed by atoms with Gasteiger partial charge in [-0.3, -0.25) is 13.9 Å². The van der Waals surface area contributed by atoms with Gasteiger partial charge in [-0.15, -0.1) is 0 Å². The van der Waals surface area contributed by atoms with Crippen molar-refractivity contribution in [2.45, 2.75) is 52.6 Å². The Bertz CT molecular complexity index is 1170. The maximum Gasteiger partial charge on any atom is 0.244 e. The molecule has 1 atom stereocenters. The molecule has 204 valence electrons. The second kappa shape index (κ2) is 13.9. The molecule has 9 nitrogen and oxygen atoms in total. The Kier molecular flexibility index (Phi) is 11.2. The number of carbonyl (C=O) groups excluding carboxylic acids is 2. The molecule has 10 heteroatoms. The van der Waals surface area contributed by atoms with Crippen molar-refractivity contribution in [1.82, 2.24) is 10.2 Å². The minimum atomic E-state index is -3.85. The van der Waals surface area contributed by atoms with E-state index in [-0.39, 0.29) is 18.1 Å². The number of carbonyl (C=O) groups is 2. The summed E-state index contributed by atoms with van der Waals surface area (Å²) >= 11 is 0. The third-order valence-corrected chi connectivity index (χ3v) is 7.29. The number of nitrogens with zero attached hydrogens (tertiary/aromatic N) is 2. The number of aryl methyl sites for hydroxylation is 1. The Morgan fingerprint density at radius 3 is 2.27 bits per heavy atom. The second-order valence-corrected chi connectivity index (χ2v) is 10.7. The highest BCUT2D eigenvalue weighted by atomic mass is 32.2. The van der Waals surface area contributed by atoms with Crippen LogP contribution in [0.5, 0.6) is 11.5 Å². The first-order valence-corrected chi connectivity index (χ1v) is 14.2. The van der Waals surface area contributed by atoms with Crippen LogP contribution >= 0.6 is 0 Å². The quantitative estimate of drug-likeness (QED) is 0.373. The van der Waals surface area contributed by atoms with Crippen molar-refractivity contribution < 1.29 is 27.5 Å². The number of anilines is 1. The molecule has 0 aliphatic heterocycles. The molecule has 0 saturated heterocycles. The van der Waals surface area contributed by atoms with Gasteiger partial charge in [0.2, 0.25) is 21.8 Å². The van der Waals surface area contributed by atoms with Gasteiger partial charge in [-0.25, -0.2) is 8.42 Å². The van der Waals surface area contributed by atoms with Crippen LogP contribution in [-0.2, 0) is 26.2 Å². The van der Waals surface area contributed by atoms with Crippen molar-refractivity contribution in [3.63, 3.8) is 0 Å². The number of sulfonamides is 1. The van der Waals surface area contributed by atoms with E-state index in [2.05, 4.69) is 5.32 Å². The minimum absolute atomic E-state index is 0.175. The summed E-state index contributed by atoms with van der Waals surface area (Å²) in [6.45, 7) is 6.02. The molecule has 0 fully saturated rings. The molecule has 0 aromatic heterocycles. The van der Waals surface area contributed by atoms with Crippen LogP contribution in [0.3, 0.4) is 0 Å². The lowest BCUT2D eigenvalue weighted by Crippen LogP contribution is -2.52. The third-order valence-electron chi connectivity index (χ3n) is 6.15. The third kappa shape index (κ3) is 8.11. The van der Waals surface area contributed by atoms with E-state index in [9.17, 15) is 18.0 Å². The Morgan fingerprint density at radius 2 is 1.70 bits per heavy atom. The molecule has 2 aromatic rings. The second-order valence-electron chi connectivity index (χ2n) is 8.83. The zero-order valence-electron chi connectivity index (χ0n) is 22.6. The molecule has 0 radical (unpaired) electrons. The average molecular weight is 534 g/mol. The summed E-state index contributed by atoms with van der Waals surface area (Å²) in [5, 5.41) is 2.92. The average Bonchev–Trinajstić information content (AvgIpc) is 2.87. The molecule has 0 bridgehead atoms. The summed E-state index contributed by atoms with van der Waals surface area (Å²) < 4.78 is 37.2. The van der Waals surface area contributed by atoms with Gasteiger partial charge in [0, 0.05) is 19.2 Å². The number of methoxy groups -OCH3 is 2. The summed E-state index contributed by atoms with van der Waals surface area (Å²) in [7, 11) is -0.923. The Morgan fingerprint density at radius 1 is 1.03 bits per heavy atom. The summed E-state index contributed by atoms with van der Waals surface area (Å²) in [5.41, 5.74) is 2.11. The predicted octanol–water partition coefficient (Wildman–Crippen LogP) is 3.50. The lowest BCUT2D eigenvalue weighted by Gasteiger charge is -2.33. The number of hydrogen-bond acceptors (Lipinski definition) is 6. The first-order valence-electron chi connectivity index (χ1n) is 12.4. The van der Waals surface area contributed by atoms with Crippen LogP contribution in [0.15, 0.2) is 42.5 Å². The van der Waals surface area contributed by atoms with Gasteiger partial charge in [0.15, 0.2) is 11.5 Å². The van der Waals surface area contributed by atoms with E-state index in [1.54, 1.807) is 12.1 Å². The van der Waals surface area contributed by atoms with Crippen molar-refractivity contribution in [3.8, 4) is 11.5 Å². The number of unbranched alkanes of at least 4 members (excludes halogenated alkanes) is 1. The lowest BCUT2D eigenvalue weighted by molar-refractivity contribution is -0.140. The monoisotopic (exact) mass is 533 g/mol. The zero-order valence-corrected chi connectivity index (χ0v) is 23.4. The molecule has 1 unspecified atom stereocenters. The summed E-state index contributed by atoms with van der Waals surface area (Å²) in [6, 6.07) is 11.5. The molecule has 37 heavy (non-hydrogen) atoms. The van der Waals surface area contributed by atoms with E-state index < -0.39 is 28.5 Å². The van der Waals surface area contributed by atoms with Gasteiger partial charge in [-0.1, -0.05) is 44.5 Å². The van der Waals surface area contributed by atoms with E-state index in [0.29, 0.717) is 24.5 Å². The topological polar surface area (TPSA) is 105 Å². The number of hydrogen-bond donors (Lipinski definition) is 1.